The Balaban J connectivity index is 1.76. The Morgan fingerprint density at radius 3 is 2.71 bits per heavy atom. The first-order chi connectivity index (χ1) is 10.1. The lowest BCUT2D eigenvalue weighted by Crippen LogP contribution is -2.31. The van der Waals surface area contributed by atoms with Gasteiger partial charge in [-0.05, 0) is 32.2 Å². The van der Waals surface area contributed by atoms with Gasteiger partial charge < -0.3 is 5.32 Å². The number of likely N-dealkylation sites (N-methyl/N-ethyl adjacent to an activating group) is 1. The molecule has 2 aromatic rings. The largest absolute Gasteiger partial charge is 0.311 e. The normalized spacial score (nSPS) is 12.8. The highest BCUT2D eigenvalue weighted by molar-refractivity contribution is 7.16. The molecule has 1 heterocycles. The van der Waals surface area contributed by atoms with Crippen molar-refractivity contribution in [3.63, 3.8) is 0 Å². The van der Waals surface area contributed by atoms with Crippen molar-refractivity contribution in [3.05, 3.63) is 57.0 Å². The van der Waals surface area contributed by atoms with Crippen molar-refractivity contribution in [2.24, 2.45) is 0 Å². The minimum atomic E-state index is -0.141. The number of hydrogen-bond acceptors (Lipinski definition) is 3. The van der Waals surface area contributed by atoms with Crippen molar-refractivity contribution >= 4 is 22.9 Å². The Kier molecular flexibility index (Phi) is 6.18. The third-order valence-corrected chi connectivity index (χ3v) is 4.82. The van der Waals surface area contributed by atoms with Gasteiger partial charge in [0.15, 0.2) is 0 Å². The van der Waals surface area contributed by atoms with E-state index >= 15 is 0 Å². The van der Waals surface area contributed by atoms with Crippen LogP contribution in [0.5, 0.6) is 0 Å². The number of nitrogens with zero attached hydrogens (tertiary/aromatic N) is 1. The Hall–Kier alpha value is -0.940. The van der Waals surface area contributed by atoms with Gasteiger partial charge in [-0.1, -0.05) is 29.8 Å². The molecule has 1 aromatic carbocycles. The minimum Gasteiger partial charge on any atom is -0.311 e. The molecule has 1 unspecified atom stereocenters. The molecular formula is C16H20ClFN2S. The molecule has 114 valence electrons. The molecule has 0 saturated heterocycles. The highest BCUT2D eigenvalue weighted by Gasteiger charge is 2.14. The molecular weight excluding hydrogens is 307 g/mol. The van der Waals surface area contributed by atoms with Crippen molar-refractivity contribution in [2.45, 2.75) is 19.5 Å². The van der Waals surface area contributed by atoms with E-state index in [9.17, 15) is 4.39 Å². The van der Waals surface area contributed by atoms with Crippen molar-refractivity contribution in [1.29, 1.82) is 0 Å². The molecule has 0 radical (unpaired) electrons. The standard InChI is InChI=1S/C16H20ClFN2S/c1-12(14-5-3-4-6-15(14)18)20(2)10-9-19-11-13-7-8-16(17)21-13/h3-8,12,19H,9-11H2,1-2H3. The average molecular weight is 327 g/mol. The lowest BCUT2D eigenvalue weighted by molar-refractivity contribution is 0.256. The predicted molar refractivity (Wildman–Crippen MR) is 88.5 cm³/mol. The third-order valence-electron chi connectivity index (χ3n) is 3.59. The second-order valence-electron chi connectivity index (χ2n) is 5.06. The highest BCUT2D eigenvalue weighted by Crippen LogP contribution is 2.22. The molecule has 2 nitrogen and oxygen atoms in total. The quantitative estimate of drug-likeness (QED) is 0.762. The summed E-state index contributed by atoms with van der Waals surface area (Å²) in [6.45, 7) is 4.55. The van der Waals surface area contributed by atoms with Crippen molar-refractivity contribution in [1.82, 2.24) is 10.2 Å². The summed E-state index contributed by atoms with van der Waals surface area (Å²) in [5, 5.41) is 3.38. The molecule has 2 rings (SSSR count). The first-order valence-corrected chi connectivity index (χ1v) is 8.17. The second kappa shape index (κ2) is 7.90. The van der Waals surface area contributed by atoms with Gasteiger partial charge in [0.2, 0.25) is 0 Å². The molecule has 0 aliphatic heterocycles. The van der Waals surface area contributed by atoms with Gasteiger partial charge >= 0.3 is 0 Å². The molecule has 0 aliphatic rings. The topological polar surface area (TPSA) is 15.3 Å². The number of rotatable bonds is 7. The van der Waals surface area contributed by atoms with Crippen LogP contribution in [-0.4, -0.2) is 25.0 Å². The average Bonchev–Trinajstić information content (AvgIpc) is 2.89. The Bertz CT molecular complexity index is 573. The lowest BCUT2D eigenvalue weighted by atomic mass is 10.1. The van der Waals surface area contributed by atoms with Gasteiger partial charge in [0.25, 0.3) is 0 Å². The van der Waals surface area contributed by atoms with Crippen LogP contribution in [0.3, 0.4) is 0 Å². The monoisotopic (exact) mass is 326 g/mol. The molecule has 0 fully saturated rings. The SMILES string of the molecule is CC(c1ccccc1F)N(C)CCNCc1ccc(Cl)s1. The molecule has 5 heteroatoms. The fourth-order valence-corrected chi connectivity index (χ4v) is 3.22. The van der Waals surface area contributed by atoms with Crippen molar-refractivity contribution in [2.75, 3.05) is 20.1 Å². The van der Waals surface area contributed by atoms with Gasteiger partial charge in [0.05, 0.1) is 4.34 Å². The summed E-state index contributed by atoms with van der Waals surface area (Å²) in [4.78, 5) is 3.37. The zero-order chi connectivity index (χ0) is 15.2. The molecule has 0 spiro atoms. The van der Waals surface area contributed by atoms with E-state index in [2.05, 4.69) is 10.2 Å². The lowest BCUT2D eigenvalue weighted by Gasteiger charge is -2.25. The molecule has 1 aromatic heterocycles. The van der Waals surface area contributed by atoms with Crippen LogP contribution in [0, 0.1) is 5.82 Å². The van der Waals surface area contributed by atoms with Crippen LogP contribution in [0.1, 0.15) is 23.4 Å². The van der Waals surface area contributed by atoms with E-state index in [1.807, 2.05) is 38.2 Å². The maximum atomic E-state index is 13.8. The fourth-order valence-electron chi connectivity index (χ4n) is 2.16. The summed E-state index contributed by atoms with van der Waals surface area (Å²) in [6.07, 6.45) is 0. The number of halogens is 2. The fraction of sp³-hybridized carbons (Fsp3) is 0.375. The van der Waals surface area contributed by atoms with Gasteiger partial charge in [0, 0.05) is 36.1 Å². The molecule has 0 bridgehead atoms. The van der Waals surface area contributed by atoms with Crippen molar-refractivity contribution < 1.29 is 4.39 Å². The summed E-state index contributed by atoms with van der Waals surface area (Å²) in [5.74, 6) is -0.141. The van der Waals surface area contributed by atoms with E-state index in [0.29, 0.717) is 0 Å². The molecule has 0 aliphatic carbocycles. The number of thiophene rings is 1. The van der Waals surface area contributed by atoms with E-state index in [-0.39, 0.29) is 11.9 Å². The molecule has 0 saturated carbocycles. The van der Waals surface area contributed by atoms with E-state index in [4.69, 9.17) is 11.6 Å². The van der Waals surface area contributed by atoms with E-state index in [1.54, 1.807) is 17.4 Å². The molecule has 0 amide bonds. The second-order valence-corrected chi connectivity index (χ2v) is 6.86. The molecule has 1 N–H and O–H groups in total. The van der Waals surface area contributed by atoms with E-state index in [0.717, 1.165) is 29.5 Å². The van der Waals surface area contributed by atoms with Gasteiger partial charge in [-0.3, -0.25) is 4.90 Å². The Morgan fingerprint density at radius 1 is 1.29 bits per heavy atom. The first kappa shape index (κ1) is 16.4. The number of hydrogen-bond donors (Lipinski definition) is 1. The van der Waals surface area contributed by atoms with Crippen LogP contribution in [0.2, 0.25) is 4.34 Å². The van der Waals surface area contributed by atoms with Gasteiger partial charge in [0.1, 0.15) is 5.82 Å². The van der Waals surface area contributed by atoms with Gasteiger partial charge in [-0.25, -0.2) is 4.39 Å². The summed E-state index contributed by atoms with van der Waals surface area (Å²) in [6, 6.07) is 11.0. The first-order valence-electron chi connectivity index (χ1n) is 6.97. The van der Waals surface area contributed by atoms with Gasteiger partial charge in [-0.2, -0.15) is 0 Å². The smallest absolute Gasteiger partial charge is 0.127 e. The Labute approximate surface area is 134 Å². The van der Waals surface area contributed by atoms with Crippen LogP contribution in [0.15, 0.2) is 36.4 Å². The molecule has 21 heavy (non-hydrogen) atoms. The maximum Gasteiger partial charge on any atom is 0.127 e. The van der Waals surface area contributed by atoms with Crippen molar-refractivity contribution in [3.8, 4) is 0 Å². The van der Waals surface area contributed by atoms with Crippen LogP contribution in [-0.2, 0) is 6.54 Å². The summed E-state index contributed by atoms with van der Waals surface area (Å²) in [5.41, 5.74) is 0.741. The minimum absolute atomic E-state index is 0.0594. The zero-order valence-corrected chi connectivity index (χ0v) is 13.8. The summed E-state index contributed by atoms with van der Waals surface area (Å²) < 4.78 is 14.6. The van der Waals surface area contributed by atoms with Crippen LogP contribution < -0.4 is 5.32 Å². The third kappa shape index (κ3) is 4.78. The number of nitrogens with one attached hydrogen (secondary N) is 1. The van der Waals surface area contributed by atoms with Gasteiger partial charge in [-0.15, -0.1) is 11.3 Å². The van der Waals surface area contributed by atoms with Crippen LogP contribution in [0.25, 0.3) is 0 Å². The summed E-state index contributed by atoms with van der Waals surface area (Å²) in [7, 11) is 2.01. The Morgan fingerprint density at radius 2 is 2.05 bits per heavy atom. The predicted octanol–water partition coefficient (Wildman–Crippen LogP) is 4.32. The maximum absolute atomic E-state index is 13.8. The zero-order valence-electron chi connectivity index (χ0n) is 12.3. The van der Waals surface area contributed by atoms with E-state index in [1.165, 1.54) is 10.9 Å². The van der Waals surface area contributed by atoms with E-state index < -0.39 is 0 Å². The van der Waals surface area contributed by atoms with Crippen LogP contribution in [0.4, 0.5) is 4.39 Å². The van der Waals surface area contributed by atoms with Crippen LogP contribution >= 0.6 is 22.9 Å². The molecule has 1 atom stereocenters. The highest BCUT2D eigenvalue weighted by atomic mass is 35.5. The number of benzene rings is 1. The summed E-state index contributed by atoms with van der Waals surface area (Å²) >= 11 is 7.49.